The van der Waals surface area contributed by atoms with E-state index < -0.39 is 5.60 Å². The Morgan fingerprint density at radius 2 is 1.81 bits per heavy atom. The second kappa shape index (κ2) is 4.96. The van der Waals surface area contributed by atoms with Gasteiger partial charge in [-0.2, -0.15) is 0 Å². The monoisotopic (exact) mass is 220 g/mol. The van der Waals surface area contributed by atoms with Crippen LogP contribution in [0.15, 0.2) is 24.3 Å². The zero-order valence-electron chi connectivity index (χ0n) is 9.95. The van der Waals surface area contributed by atoms with Crippen molar-refractivity contribution < 1.29 is 9.53 Å². The molecule has 2 heteroatoms. The van der Waals surface area contributed by atoms with Crippen LogP contribution in [0.25, 0.3) is 0 Å². The summed E-state index contributed by atoms with van der Waals surface area (Å²) in [6, 6.07) is 0. The van der Waals surface area contributed by atoms with Crippen LogP contribution in [0.3, 0.4) is 0 Å². The van der Waals surface area contributed by atoms with Crippen molar-refractivity contribution in [1.82, 2.24) is 0 Å². The minimum absolute atomic E-state index is 0.195. The van der Waals surface area contributed by atoms with E-state index in [0.717, 1.165) is 19.3 Å². The molecule has 0 aromatic carbocycles. The molecule has 0 amide bonds. The van der Waals surface area contributed by atoms with Crippen LogP contribution >= 0.6 is 0 Å². The number of carbonyl (C=O) groups excluding carboxylic acids is 1. The maximum absolute atomic E-state index is 12.5. The van der Waals surface area contributed by atoms with Gasteiger partial charge in [-0.25, -0.2) is 0 Å². The van der Waals surface area contributed by atoms with Crippen molar-refractivity contribution >= 4 is 5.78 Å². The fourth-order valence-corrected chi connectivity index (χ4v) is 2.71. The van der Waals surface area contributed by atoms with Gasteiger partial charge in [0.2, 0.25) is 0 Å². The summed E-state index contributed by atoms with van der Waals surface area (Å²) in [7, 11) is 1.63. The van der Waals surface area contributed by atoms with E-state index in [2.05, 4.69) is 0 Å². The summed E-state index contributed by atoms with van der Waals surface area (Å²) in [6.45, 7) is 0. The number of rotatable bonds is 3. The highest BCUT2D eigenvalue weighted by Crippen LogP contribution is 2.32. The predicted molar refractivity (Wildman–Crippen MR) is 64.2 cm³/mol. The van der Waals surface area contributed by atoms with Crippen LogP contribution in [0, 0.1) is 5.92 Å². The summed E-state index contributed by atoms with van der Waals surface area (Å²) in [5, 5.41) is 0. The van der Waals surface area contributed by atoms with E-state index in [9.17, 15) is 4.79 Å². The lowest BCUT2D eigenvalue weighted by Crippen LogP contribution is -2.42. The molecule has 2 aliphatic carbocycles. The third-order valence-corrected chi connectivity index (χ3v) is 3.70. The molecule has 1 saturated carbocycles. The lowest BCUT2D eigenvalue weighted by atomic mass is 9.78. The molecule has 2 nitrogen and oxygen atoms in total. The fourth-order valence-electron chi connectivity index (χ4n) is 2.71. The first kappa shape index (κ1) is 11.6. The van der Waals surface area contributed by atoms with E-state index in [1.165, 1.54) is 19.3 Å². The van der Waals surface area contributed by atoms with Crippen molar-refractivity contribution in [2.75, 3.05) is 7.11 Å². The summed E-state index contributed by atoms with van der Waals surface area (Å²) < 4.78 is 5.47. The lowest BCUT2D eigenvalue weighted by molar-refractivity contribution is -0.137. The van der Waals surface area contributed by atoms with Crippen molar-refractivity contribution in [3.05, 3.63) is 24.3 Å². The third-order valence-electron chi connectivity index (χ3n) is 3.70. The molecule has 0 heterocycles. The Hall–Kier alpha value is -0.890. The van der Waals surface area contributed by atoms with Crippen molar-refractivity contribution in [1.29, 1.82) is 0 Å². The van der Waals surface area contributed by atoms with Gasteiger partial charge in [-0.1, -0.05) is 31.4 Å². The van der Waals surface area contributed by atoms with Crippen LogP contribution < -0.4 is 0 Å². The van der Waals surface area contributed by atoms with Crippen molar-refractivity contribution in [3.8, 4) is 0 Å². The second-order valence-corrected chi connectivity index (χ2v) is 4.74. The number of hydrogen-bond acceptors (Lipinski definition) is 2. The zero-order chi connectivity index (χ0) is 11.4. The van der Waals surface area contributed by atoms with Crippen LogP contribution in [0.4, 0.5) is 0 Å². The number of ether oxygens (including phenoxy) is 1. The van der Waals surface area contributed by atoms with Crippen LogP contribution in [-0.2, 0) is 9.53 Å². The van der Waals surface area contributed by atoms with Gasteiger partial charge in [-0.05, 0) is 31.4 Å². The van der Waals surface area contributed by atoms with Gasteiger partial charge in [0.1, 0.15) is 0 Å². The Morgan fingerprint density at radius 1 is 1.19 bits per heavy atom. The van der Waals surface area contributed by atoms with Crippen molar-refractivity contribution in [3.63, 3.8) is 0 Å². The van der Waals surface area contributed by atoms with Crippen LogP contribution in [-0.4, -0.2) is 18.5 Å². The quantitative estimate of drug-likeness (QED) is 0.683. The fraction of sp³-hybridized carbons (Fsp3) is 0.643. The van der Waals surface area contributed by atoms with Gasteiger partial charge in [0.15, 0.2) is 11.4 Å². The first-order valence-electron chi connectivity index (χ1n) is 6.23. The zero-order valence-corrected chi connectivity index (χ0v) is 9.95. The Morgan fingerprint density at radius 3 is 2.38 bits per heavy atom. The molecule has 2 aliphatic rings. The third kappa shape index (κ3) is 2.12. The minimum atomic E-state index is -0.764. The molecule has 0 bridgehead atoms. The number of carbonyl (C=O) groups is 1. The number of Topliss-reactive ketones (excluding diaryl/α,β-unsaturated/α-hetero) is 1. The lowest BCUT2D eigenvalue weighted by Gasteiger charge is -2.32. The molecule has 2 rings (SSSR count). The average Bonchev–Trinajstić information content (AvgIpc) is 2.39. The highest BCUT2D eigenvalue weighted by atomic mass is 16.5. The molecule has 0 spiro atoms. The SMILES string of the molecule is COC1(C(=O)C2CCCCC2)C=CCC=C1. The van der Waals surface area contributed by atoms with E-state index in [-0.39, 0.29) is 11.7 Å². The molecule has 0 N–H and O–H groups in total. The molecule has 0 aromatic rings. The van der Waals surface area contributed by atoms with Gasteiger partial charge >= 0.3 is 0 Å². The summed E-state index contributed by atoms with van der Waals surface area (Å²) >= 11 is 0. The largest absolute Gasteiger partial charge is 0.362 e. The first-order chi connectivity index (χ1) is 7.78. The Labute approximate surface area is 97.4 Å². The van der Waals surface area contributed by atoms with Crippen LogP contribution in [0.1, 0.15) is 38.5 Å². The van der Waals surface area contributed by atoms with Gasteiger partial charge in [-0.15, -0.1) is 0 Å². The molecule has 0 unspecified atom stereocenters. The maximum atomic E-state index is 12.5. The van der Waals surface area contributed by atoms with E-state index >= 15 is 0 Å². The number of methoxy groups -OCH3 is 1. The minimum Gasteiger partial charge on any atom is -0.362 e. The van der Waals surface area contributed by atoms with Crippen LogP contribution in [0.2, 0.25) is 0 Å². The molecule has 0 radical (unpaired) electrons. The topological polar surface area (TPSA) is 26.3 Å². The molecule has 88 valence electrons. The second-order valence-electron chi connectivity index (χ2n) is 4.74. The Balaban J connectivity index is 2.14. The summed E-state index contributed by atoms with van der Waals surface area (Å²) in [5.74, 6) is 0.447. The highest BCUT2D eigenvalue weighted by Gasteiger charge is 2.38. The smallest absolute Gasteiger partial charge is 0.175 e. The molecule has 0 saturated heterocycles. The van der Waals surface area contributed by atoms with Gasteiger partial charge in [-0.3, -0.25) is 4.79 Å². The summed E-state index contributed by atoms with van der Waals surface area (Å²) in [5.41, 5.74) is -0.764. The maximum Gasteiger partial charge on any atom is 0.175 e. The molecule has 0 aromatic heterocycles. The predicted octanol–water partition coefficient (Wildman–Crippen LogP) is 3.04. The van der Waals surface area contributed by atoms with E-state index in [4.69, 9.17) is 4.74 Å². The van der Waals surface area contributed by atoms with Gasteiger partial charge in [0, 0.05) is 13.0 Å². The van der Waals surface area contributed by atoms with Crippen molar-refractivity contribution in [2.45, 2.75) is 44.1 Å². The number of hydrogen-bond donors (Lipinski definition) is 0. The normalized spacial score (nSPS) is 24.6. The number of ketones is 1. The van der Waals surface area contributed by atoms with Crippen molar-refractivity contribution in [2.24, 2.45) is 5.92 Å². The average molecular weight is 220 g/mol. The van der Waals surface area contributed by atoms with Gasteiger partial charge in [0.05, 0.1) is 0 Å². The van der Waals surface area contributed by atoms with Gasteiger partial charge in [0.25, 0.3) is 0 Å². The number of allylic oxidation sites excluding steroid dienone is 2. The highest BCUT2D eigenvalue weighted by molar-refractivity contribution is 5.93. The molecule has 16 heavy (non-hydrogen) atoms. The van der Waals surface area contributed by atoms with E-state index in [0.29, 0.717) is 0 Å². The Bertz CT molecular complexity index is 297. The van der Waals surface area contributed by atoms with E-state index in [1.807, 2.05) is 24.3 Å². The molecule has 0 aliphatic heterocycles. The van der Waals surface area contributed by atoms with Crippen LogP contribution in [0.5, 0.6) is 0 Å². The molecule has 1 fully saturated rings. The van der Waals surface area contributed by atoms with Gasteiger partial charge < -0.3 is 4.74 Å². The summed E-state index contributed by atoms with van der Waals surface area (Å²) in [6.07, 6.45) is 14.5. The molecular weight excluding hydrogens is 200 g/mol. The molecular formula is C14H20O2. The summed E-state index contributed by atoms with van der Waals surface area (Å²) in [4.78, 5) is 12.5. The Kier molecular flexibility index (Phi) is 3.59. The van der Waals surface area contributed by atoms with E-state index in [1.54, 1.807) is 7.11 Å². The standard InChI is InChI=1S/C14H20O2/c1-16-14(10-6-3-7-11-14)13(15)12-8-4-2-5-9-12/h6-7,10-12H,2-5,8-9H2,1H3. The molecule has 0 atom stereocenters. The first-order valence-corrected chi connectivity index (χ1v) is 6.23.